The summed E-state index contributed by atoms with van der Waals surface area (Å²) in [6.07, 6.45) is 2.06. The van der Waals surface area contributed by atoms with E-state index in [1.807, 2.05) is 14.0 Å². The van der Waals surface area contributed by atoms with Gasteiger partial charge in [0.05, 0.1) is 0 Å². The van der Waals surface area contributed by atoms with E-state index in [1.165, 1.54) is 0 Å². The molecule has 1 heterocycles. The van der Waals surface area contributed by atoms with E-state index >= 15 is 0 Å². The van der Waals surface area contributed by atoms with Gasteiger partial charge in [0, 0.05) is 23.9 Å². The lowest BCUT2D eigenvalue weighted by Crippen LogP contribution is -2.19. The van der Waals surface area contributed by atoms with Crippen molar-refractivity contribution >= 4 is 0 Å². The van der Waals surface area contributed by atoms with Crippen LogP contribution < -0.4 is 5.32 Å². The highest BCUT2D eigenvalue weighted by molar-refractivity contribution is 5.12. The van der Waals surface area contributed by atoms with E-state index < -0.39 is 0 Å². The maximum absolute atomic E-state index is 4.59. The molecule has 1 aromatic heterocycles. The lowest BCUT2D eigenvalue weighted by Gasteiger charge is -2.14. The maximum atomic E-state index is 4.59. The molecule has 1 unspecified atom stereocenters. The Labute approximate surface area is 92.3 Å². The highest BCUT2D eigenvalue weighted by Gasteiger charge is 2.12. The molecule has 0 amide bonds. The molecule has 0 radical (unpaired) electrons. The van der Waals surface area contributed by atoms with Crippen LogP contribution in [0.3, 0.4) is 0 Å². The zero-order valence-electron chi connectivity index (χ0n) is 10.2. The summed E-state index contributed by atoms with van der Waals surface area (Å²) in [5.41, 5.74) is 2.22. The second-order valence-corrected chi connectivity index (χ2v) is 3.88. The van der Waals surface area contributed by atoms with Crippen molar-refractivity contribution in [2.75, 3.05) is 13.6 Å². The summed E-state index contributed by atoms with van der Waals surface area (Å²) in [5.74, 6) is 1.42. The lowest BCUT2D eigenvalue weighted by atomic mass is 10.1. The highest BCUT2D eigenvalue weighted by atomic mass is 14.9. The molecule has 0 saturated heterocycles. The minimum Gasteiger partial charge on any atom is -0.319 e. The molecule has 1 aromatic rings. The number of nitrogens with zero attached hydrogens (tertiary/aromatic N) is 2. The zero-order chi connectivity index (χ0) is 11.3. The first-order valence-corrected chi connectivity index (χ1v) is 5.70. The smallest absolute Gasteiger partial charge is 0.133 e. The average Bonchev–Trinajstić information content (AvgIpc) is 2.24. The summed E-state index contributed by atoms with van der Waals surface area (Å²) < 4.78 is 0. The van der Waals surface area contributed by atoms with Crippen LogP contribution in [0.2, 0.25) is 0 Å². The standard InChI is InChI=1S/C12H21N3/c1-5-10(8-13-4)12-14-9(3)7-11(6-2)15-12/h7,10,13H,5-6,8H2,1-4H3. The van der Waals surface area contributed by atoms with Crippen LogP contribution in [0.5, 0.6) is 0 Å². The van der Waals surface area contributed by atoms with Crippen molar-refractivity contribution in [1.82, 2.24) is 15.3 Å². The molecule has 84 valence electrons. The molecule has 3 nitrogen and oxygen atoms in total. The molecule has 1 N–H and O–H groups in total. The first-order chi connectivity index (χ1) is 7.21. The number of aryl methyl sites for hydroxylation is 2. The molecule has 0 saturated carbocycles. The Morgan fingerprint density at radius 3 is 2.60 bits per heavy atom. The lowest BCUT2D eigenvalue weighted by molar-refractivity contribution is 0.575. The van der Waals surface area contributed by atoms with E-state index in [4.69, 9.17) is 0 Å². The summed E-state index contributed by atoms with van der Waals surface area (Å²) in [6.45, 7) is 7.30. The van der Waals surface area contributed by atoms with Gasteiger partial charge in [-0.3, -0.25) is 0 Å². The molecule has 0 aliphatic rings. The van der Waals surface area contributed by atoms with Crippen LogP contribution in [0, 0.1) is 6.92 Å². The van der Waals surface area contributed by atoms with Crippen molar-refractivity contribution in [3.63, 3.8) is 0 Å². The van der Waals surface area contributed by atoms with Gasteiger partial charge in [-0.1, -0.05) is 13.8 Å². The third kappa shape index (κ3) is 3.27. The van der Waals surface area contributed by atoms with Gasteiger partial charge in [-0.05, 0) is 32.9 Å². The summed E-state index contributed by atoms with van der Waals surface area (Å²) in [4.78, 5) is 9.11. The fourth-order valence-corrected chi connectivity index (χ4v) is 1.69. The number of hydrogen-bond acceptors (Lipinski definition) is 3. The van der Waals surface area contributed by atoms with E-state index in [-0.39, 0.29) is 0 Å². The second-order valence-electron chi connectivity index (χ2n) is 3.88. The number of likely N-dealkylation sites (N-methyl/N-ethyl adjacent to an activating group) is 1. The Morgan fingerprint density at radius 2 is 2.07 bits per heavy atom. The second kappa shape index (κ2) is 5.81. The molecule has 0 fully saturated rings. The minimum atomic E-state index is 0.431. The van der Waals surface area contributed by atoms with E-state index in [0.717, 1.165) is 36.6 Å². The third-order valence-corrected chi connectivity index (χ3v) is 2.60. The molecule has 1 atom stereocenters. The first-order valence-electron chi connectivity index (χ1n) is 5.70. The molecule has 15 heavy (non-hydrogen) atoms. The Morgan fingerprint density at radius 1 is 1.33 bits per heavy atom. The molecule has 0 spiro atoms. The normalized spacial score (nSPS) is 12.8. The van der Waals surface area contributed by atoms with Crippen molar-refractivity contribution in [2.24, 2.45) is 0 Å². The summed E-state index contributed by atoms with van der Waals surface area (Å²) in [5, 5.41) is 3.19. The van der Waals surface area contributed by atoms with Crippen molar-refractivity contribution in [1.29, 1.82) is 0 Å². The first kappa shape index (κ1) is 12.1. The Bertz CT molecular complexity index is 310. The van der Waals surface area contributed by atoms with Gasteiger partial charge in [-0.25, -0.2) is 9.97 Å². The van der Waals surface area contributed by atoms with Crippen molar-refractivity contribution in [3.8, 4) is 0 Å². The fraction of sp³-hybridized carbons (Fsp3) is 0.667. The van der Waals surface area contributed by atoms with E-state index in [0.29, 0.717) is 5.92 Å². The molecule has 0 aromatic carbocycles. The number of aromatic nitrogens is 2. The Balaban J connectivity index is 2.95. The topological polar surface area (TPSA) is 37.8 Å². The Hall–Kier alpha value is -0.960. The van der Waals surface area contributed by atoms with Crippen LogP contribution in [0.1, 0.15) is 43.4 Å². The van der Waals surface area contributed by atoms with Crippen LogP contribution in [-0.2, 0) is 6.42 Å². The predicted octanol–water partition coefficient (Wildman–Crippen LogP) is 2.06. The van der Waals surface area contributed by atoms with E-state index in [2.05, 4.69) is 35.2 Å². The van der Waals surface area contributed by atoms with Gasteiger partial charge in [-0.2, -0.15) is 0 Å². The van der Waals surface area contributed by atoms with Gasteiger partial charge in [0.2, 0.25) is 0 Å². The van der Waals surface area contributed by atoms with Crippen LogP contribution >= 0.6 is 0 Å². The molecule has 1 rings (SSSR count). The SMILES string of the molecule is CCc1cc(C)nc(C(CC)CNC)n1. The zero-order valence-corrected chi connectivity index (χ0v) is 10.2. The van der Waals surface area contributed by atoms with Gasteiger partial charge < -0.3 is 5.32 Å². The monoisotopic (exact) mass is 207 g/mol. The van der Waals surface area contributed by atoms with Crippen molar-refractivity contribution in [3.05, 3.63) is 23.3 Å². The Kier molecular flexibility index (Phi) is 4.69. The number of nitrogens with one attached hydrogen (secondary N) is 1. The van der Waals surface area contributed by atoms with E-state index in [1.54, 1.807) is 0 Å². The van der Waals surface area contributed by atoms with Crippen molar-refractivity contribution < 1.29 is 0 Å². The van der Waals surface area contributed by atoms with Crippen LogP contribution in [-0.4, -0.2) is 23.6 Å². The number of rotatable bonds is 5. The van der Waals surface area contributed by atoms with Crippen LogP contribution in [0.4, 0.5) is 0 Å². The summed E-state index contributed by atoms with van der Waals surface area (Å²) >= 11 is 0. The number of hydrogen-bond donors (Lipinski definition) is 1. The summed E-state index contributed by atoms with van der Waals surface area (Å²) in [7, 11) is 1.97. The van der Waals surface area contributed by atoms with Gasteiger partial charge in [0.1, 0.15) is 5.82 Å². The quantitative estimate of drug-likeness (QED) is 0.803. The largest absolute Gasteiger partial charge is 0.319 e. The van der Waals surface area contributed by atoms with Gasteiger partial charge >= 0.3 is 0 Å². The summed E-state index contributed by atoms with van der Waals surface area (Å²) in [6, 6.07) is 2.07. The molecular weight excluding hydrogens is 186 g/mol. The molecule has 0 aliphatic heterocycles. The molecule has 0 aliphatic carbocycles. The predicted molar refractivity (Wildman–Crippen MR) is 63.1 cm³/mol. The maximum Gasteiger partial charge on any atom is 0.133 e. The van der Waals surface area contributed by atoms with Crippen LogP contribution in [0.15, 0.2) is 6.07 Å². The third-order valence-electron chi connectivity index (χ3n) is 2.60. The van der Waals surface area contributed by atoms with Crippen LogP contribution in [0.25, 0.3) is 0 Å². The van der Waals surface area contributed by atoms with Gasteiger partial charge in [0.15, 0.2) is 0 Å². The molecular formula is C12H21N3. The molecule has 0 bridgehead atoms. The van der Waals surface area contributed by atoms with E-state index in [9.17, 15) is 0 Å². The molecule has 3 heteroatoms. The minimum absolute atomic E-state index is 0.431. The average molecular weight is 207 g/mol. The van der Waals surface area contributed by atoms with Crippen molar-refractivity contribution in [2.45, 2.75) is 39.5 Å². The van der Waals surface area contributed by atoms with Gasteiger partial charge in [-0.15, -0.1) is 0 Å². The highest BCUT2D eigenvalue weighted by Crippen LogP contribution is 2.15. The van der Waals surface area contributed by atoms with Gasteiger partial charge in [0.25, 0.3) is 0 Å². The fourth-order valence-electron chi connectivity index (χ4n) is 1.69.